The van der Waals surface area contributed by atoms with E-state index in [-0.39, 0.29) is 11.6 Å². The summed E-state index contributed by atoms with van der Waals surface area (Å²) in [6.07, 6.45) is 14.1. The zero-order valence-electron chi connectivity index (χ0n) is 22.3. The minimum absolute atomic E-state index is 0.0397. The van der Waals surface area contributed by atoms with Crippen LogP contribution in [-0.4, -0.2) is 40.1 Å². The van der Waals surface area contributed by atoms with Crippen molar-refractivity contribution in [2.24, 2.45) is 5.14 Å². The van der Waals surface area contributed by atoms with Crippen molar-refractivity contribution < 1.29 is 0 Å². The van der Waals surface area contributed by atoms with Crippen molar-refractivity contribution >= 4 is 24.7 Å². The van der Waals surface area contributed by atoms with Crippen LogP contribution in [0.25, 0.3) is 6.08 Å². The smallest absolute Gasteiger partial charge is 0.293 e. The van der Waals surface area contributed by atoms with E-state index in [0.717, 1.165) is 45.3 Å². The average Bonchev–Trinajstić information content (AvgIpc) is 2.91. The summed E-state index contributed by atoms with van der Waals surface area (Å²) in [4.78, 5) is 19.9. The third kappa shape index (κ3) is 9.80. The summed E-state index contributed by atoms with van der Waals surface area (Å²) < 4.78 is 1.77. The fourth-order valence-corrected chi connectivity index (χ4v) is 4.21. The number of anilines is 1. The zero-order chi connectivity index (χ0) is 26.3. The molecule has 3 rings (SSSR count). The molecule has 0 bridgehead atoms. The Balaban J connectivity index is 0.00000222. The van der Waals surface area contributed by atoms with Crippen LogP contribution >= 0.6 is 12.8 Å². The number of aromatic nitrogens is 2. The molecule has 0 saturated carbocycles. The van der Waals surface area contributed by atoms with Gasteiger partial charge in [0, 0.05) is 44.6 Å². The standard InChI is InChI=1S/C29H40N4O.H3NS/c1-5-23(3)12-13-25(6-2)22-33-19-16-30-28(29(33)34)31-27-14-17-32(18-15-27)21-24(4)20-26-10-8-7-9-11-26;1-2/h7-13,16,19-20,27H,5-6,14-15,17-18,21-22H2,1-4H3,(H,30,31);2H,1H2/b23-12+,24-20+,25-13+;. The highest BCUT2D eigenvalue weighted by Crippen LogP contribution is 2.16. The van der Waals surface area contributed by atoms with Crippen LogP contribution in [0.2, 0.25) is 0 Å². The van der Waals surface area contributed by atoms with Crippen molar-refractivity contribution in [2.75, 3.05) is 25.0 Å². The minimum Gasteiger partial charge on any atom is -0.363 e. The van der Waals surface area contributed by atoms with Gasteiger partial charge < -0.3 is 9.88 Å². The van der Waals surface area contributed by atoms with Gasteiger partial charge in [-0.3, -0.25) is 14.8 Å². The Kier molecular flexibility index (Phi) is 13.3. The predicted molar refractivity (Wildman–Crippen MR) is 157 cm³/mol. The van der Waals surface area contributed by atoms with E-state index in [1.54, 1.807) is 17.0 Å². The van der Waals surface area contributed by atoms with Gasteiger partial charge in [0.25, 0.3) is 5.56 Å². The SMILES string of the molecule is CC/C(C)=C/C=C(\CC)Cn1ccnc(NC2CCN(C/C(C)=C/c3ccccc3)CC2)c1=O.NS. The van der Waals surface area contributed by atoms with Crippen LogP contribution in [-0.2, 0) is 6.54 Å². The van der Waals surface area contributed by atoms with E-state index in [1.807, 2.05) is 6.07 Å². The maximum Gasteiger partial charge on any atom is 0.293 e. The maximum atomic E-state index is 13.0. The molecule has 1 aliphatic heterocycles. The van der Waals surface area contributed by atoms with Gasteiger partial charge in [0.05, 0.1) is 0 Å². The van der Waals surface area contributed by atoms with Crippen molar-refractivity contribution in [1.82, 2.24) is 14.5 Å². The first kappa shape index (κ1) is 29.6. The van der Waals surface area contributed by atoms with Gasteiger partial charge in [0.15, 0.2) is 5.82 Å². The molecule has 1 fully saturated rings. The Hall–Kier alpha value is -2.61. The van der Waals surface area contributed by atoms with Gasteiger partial charge in [-0.1, -0.05) is 79.1 Å². The van der Waals surface area contributed by atoms with Gasteiger partial charge in [-0.2, -0.15) is 0 Å². The molecule has 1 aromatic heterocycles. The number of rotatable bonds is 10. The molecular weight excluding hydrogens is 466 g/mol. The van der Waals surface area contributed by atoms with E-state index in [1.165, 1.54) is 22.3 Å². The second kappa shape index (κ2) is 16.2. The van der Waals surface area contributed by atoms with Crippen LogP contribution in [0.1, 0.15) is 58.9 Å². The first-order valence-electron chi connectivity index (χ1n) is 12.9. The van der Waals surface area contributed by atoms with Crippen molar-refractivity contribution in [1.29, 1.82) is 0 Å². The van der Waals surface area contributed by atoms with Crippen molar-refractivity contribution in [2.45, 2.75) is 66.0 Å². The third-order valence-corrected chi connectivity index (χ3v) is 6.52. The number of piperidine rings is 1. The summed E-state index contributed by atoms with van der Waals surface area (Å²) in [5.41, 5.74) is 5.16. The van der Waals surface area contributed by atoms with E-state index in [0.29, 0.717) is 12.4 Å². The number of nitrogens with zero attached hydrogens (tertiary/aromatic N) is 3. The number of nitrogens with two attached hydrogens (primary N) is 1. The van der Waals surface area contributed by atoms with Crippen molar-refractivity contribution in [3.05, 3.63) is 87.5 Å². The van der Waals surface area contributed by atoms with Crippen LogP contribution < -0.4 is 16.0 Å². The molecule has 1 aromatic carbocycles. The van der Waals surface area contributed by atoms with E-state index in [4.69, 9.17) is 0 Å². The highest BCUT2D eigenvalue weighted by atomic mass is 32.1. The summed E-state index contributed by atoms with van der Waals surface area (Å²) in [6, 6.07) is 10.8. The average molecular weight is 510 g/mol. The quantitative estimate of drug-likeness (QED) is 0.283. The summed E-state index contributed by atoms with van der Waals surface area (Å²) in [5, 5.41) is 7.63. The lowest BCUT2D eigenvalue weighted by molar-refractivity contribution is 0.236. The van der Waals surface area contributed by atoms with E-state index >= 15 is 0 Å². The molecule has 0 unspecified atom stereocenters. The minimum atomic E-state index is -0.0397. The van der Waals surface area contributed by atoms with Gasteiger partial charge in [0.1, 0.15) is 0 Å². The maximum absolute atomic E-state index is 13.0. The van der Waals surface area contributed by atoms with Crippen LogP contribution in [0, 0.1) is 0 Å². The fraction of sp³-hybridized carbons (Fsp3) is 0.448. The topological polar surface area (TPSA) is 76.2 Å². The first-order valence-corrected chi connectivity index (χ1v) is 13.4. The molecule has 36 heavy (non-hydrogen) atoms. The molecule has 0 spiro atoms. The van der Waals surface area contributed by atoms with Crippen LogP contribution in [0.4, 0.5) is 5.82 Å². The Bertz CT molecular complexity index is 1070. The number of allylic oxidation sites excluding steroid dienone is 4. The number of likely N-dealkylation sites (tertiary alicyclic amines) is 1. The Morgan fingerprint density at radius 1 is 1.06 bits per heavy atom. The van der Waals surface area contributed by atoms with Gasteiger partial charge in [0.2, 0.25) is 0 Å². The van der Waals surface area contributed by atoms with Gasteiger partial charge in [-0.15, -0.1) is 12.8 Å². The molecular formula is C29H43N5OS. The number of nitrogens with one attached hydrogen (secondary N) is 1. The zero-order valence-corrected chi connectivity index (χ0v) is 23.2. The highest BCUT2D eigenvalue weighted by Gasteiger charge is 2.20. The van der Waals surface area contributed by atoms with Crippen LogP contribution in [0.15, 0.2) is 76.4 Å². The summed E-state index contributed by atoms with van der Waals surface area (Å²) in [7, 11) is 0. The molecule has 0 aliphatic carbocycles. The van der Waals surface area contributed by atoms with Crippen molar-refractivity contribution in [3.63, 3.8) is 0 Å². The van der Waals surface area contributed by atoms with Crippen LogP contribution in [0.5, 0.6) is 0 Å². The van der Waals surface area contributed by atoms with Gasteiger partial charge in [-0.05, 0) is 45.1 Å². The van der Waals surface area contributed by atoms with Gasteiger partial charge >= 0.3 is 0 Å². The largest absolute Gasteiger partial charge is 0.363 e. The Labute approximate surface area is 222 Å². The fourth-order valence-electron chi connectivity index (χ4n) is 4.21. The molecule has 0 radical (unpaired) electrons. The molecule has 1 aliphatic rings. The molecule has 1 saturated heterocycles. The lowest BCUT2D eigenvalue weighted by Gasteiger charge is -2.32. The summed E-state index contributed by atoms with van der Waals surface area (Å²) in [6.45, 7) is 12.2. The molecule has 0 atom stereocenters. The second-order valence-corrected chi connectivity index (χ2v) is 9.35. The summed E-state index contributed by atoms with van der Waals surface area (Å²) in [5.74, 6) is 0.469. The lowest BCUT2D eigenvalue weighted by atomic mass is 10.0. The Morgan fingerprint density at radius 3 is 2.39 bits per heavy atom. The summed E-state index contributed by atoms with van der Waals surface area (Å²) >= 11 is 3.03. The van der Waals surface area contributed by atoms with E-state index in [2.05, 4.69) is 103 Å². The van der Waals surface area contributed by atoms with Crippen LogP contribution in [0.3, 0.4) is 0 Å². The monoisotopic (exact) mass is 509 g/mol. The Morgan fingerprint density at radius 2 is 1.75 bits per heavy atom. The number of hydrogen-bond acceptors (Lipinski definition) is 6. The molecule has 2 heterocycles. The molecule has 196 valence electrons. The molecule has 0 amide bonds. The second-order valence-electron chi connectivity index (χ2n) is 9.35. The number of hydrogen-bond donors (Lipinski definition) is 3. The van der Waals surface area contributed by atoms with E-state index < -0.39 is 0 Å². The third-order valence-electron chi connectivity index (χ3n) is 6.52. The van der Waals surface area contributed by atoms with E-state index in [9.17, 15) is 4.79 Å². The lowest BCUT2D eigenvalue weighted by Crippen LogP contribution is -2.41. The molecule has 7 heteroatoms. The molecule has 3 N–H and O–H groups in total. The normalized spacial score (nSPS) is 15.9. The first-order chi connectivity index (χ1) is 17.5. The molecule has 2 aromatic rings. The predicted octanol–water partition coefficient (Wildman–Crippen LogP) is 5.71. The number of benzene rings is 1. The van der Waals surface area contributed by atoms with Gasteiger partial charge in [-0.25, -0.2) is 4.98 Å². The highest BCUT2D eigenvalue weighted by molar-refractivity contribution is 7.77. The van der Waals surface area contributed by atoms with Crippen molar-refractivity contribution in [3.8, 4) is 0 Å². The number of thiol groups is 1. The molecule has 6 nitrogen and oxygen atoms in total.